The minimum absolute atomic E-state index is 0.0657. The van der Waals surface area contributed by atoms with Crippen LogP contribution < -0.4 is 0 Å². The summed E-state index contributed by atoms with van der Waals surface area (Å²) in [5, 5.41) is 14.0. The SMILES string of the molecule is Cc1nn(C)c2sc(C(=O)N3CCn4c(nnc4C(C)C)C3)cc12. The Morgan fingerprint density at radius 3 is 2.79 bits per heavy atom. The van der Waals surface area contributed by atoms with Gasteiger partial charge in [0.1, 0.15) is 10.7 Å². The van der Waals surface area contributed by atoms with E-state index in [4.69, 9.17) is 0 Å². The third kappa shape index (κ3) is 2.24. The van der Waals surface area contributed by atoms with Crippen LogP contribution in [0.25, 0.3) is 10.2 Å². The van der Waals surface area contributed by atoms with Crippen molar-refractivity contribution in [2.45, 2.75) is 39.8 Å². The molecule has 24 heavy (non-hydrogen) atoms. The van der Waals surface area contributed by atoms with Gasteiger partial charge in [0.25, 0.3) is 5.91 Å². The highest BCUT2D eigenvalue weighted by atomic mass is 32.1. The normalized spacial score (nSPS) is 14.6. The van der Waals surface area contributed by atoms with Gasteiger partial charge >= 0.3 is 0 Å². The molecule has 0 spiro atoms. The number of aromatic nitrogens is 5. The average Bonchev–Trinajstić information content (AvgIpc) is 3.22. The minimum atomic E-state index is 0.0657. The Kier molecular flexibility index (Phi) is 3.45. The zero-order valence-corrected chi connectivity index (χ0v) is 15.1. The predicted molar refractivity (Wildman–Crippen MR) is 92.2 cm³/mol. The molecule has 1 amide bonds. The summed E-state index contributed by atoms with van der Waals surface area (Å²) in [4.78, 5) is 16.6. The van der Waals surface area contributed by atoms with Crippen LogP contribution >= 0.6 is 11.3 Å². The average molecular weight is 344 g/mol. The Bertz CT molecular complexity index is 900. The summed E-state index contributed by atoms with van der Waals surface area (Å²) in [6, 6.07) is 1.96. The second-order valence-corrected chi connectivity index (χ2v) is 7.58. The monoisotopic (exact) mass is 344 g/mol. The first kappa shape index (κ1) is 15.3. The fourth-order valence-electron chi connectivity index (χ4n) is 3.25. The number of carbonyl (C=O) groups is 1. The maximum Gasteiger partial charge on any atom is 0.264 e. The highest BCUT2D eigenvalue weighted by Gasteiger charge is 2.27. The van der Waals surface area contributed by atoms with Gasteiger partial charge in [0, 0.05) is 31.4 Å². The number of nitrogens with zero attached hydrogens (tertiary/aromatic N) is 6. The fourth-order valence-corrected chi connectivity index (χ4v) is 4.34. The summed E-state index contributed by atoms with van der Waals surface area (Å²) in [6.07, 6.45) is 0. The molecule has 0 unspecified atom stereocenters. The molecule has 126 valence electrons. The third-order valence-electron chi connectivity index (χ3n) is 4.49. The van der Waals surface area contributed by atoms with Gasteiger partial charge in [0.05, 0.1) is 17.1 Å². The maximum atomic E-state index is 12.9. The molecule has 0 N–H and O–H groups in total. The Labute approximate surface area is 143 Å². The molecule has 4 heterocycles. The lowest BCUT2D eigenvalue weighted by Gasteiger charge is -2.27. The van der Waals surface area contributed by atoms with Crippen molar-refractivity contribution in [3.05, 3.63) is 28.3 Å². The molecule has 7 nitrogen and oxygen atoms in total. The van der Waals surface area contributed by atoms with Crippen molar-refractivity contribution >= 4 is 27.5 Å². The third-order valence-corrected chi connectivity index (χ3v) is 5.68. The van der Waals surface area contributed by atoms with Gasteiger partial charge in [0.15, 0.2) is 5.82 Å². The number of fused-ring (bicyclic) bond motifs is 2. The molecule has 0 saturated carbocycles. The topological polar surface area (TPSA) is 68.8 Å². The first-order valence-corrected chi connectivity index (χ1v) is 8.91. The zero-order valence-electron chi connectivity index (χ0n) is 14.3. The lowest BCUT2D eigenvalue weighted by Crippen LogP contribution is -2.38. The van der Waals surface area contributed by atoms with Crippen molar-refractivity contribution in [2.24, 2.45) is 7.05 Å². The summed E-state index contributed by atoms with van der Waals surface area (Å²) in [7, 11) is 1.91. The van der Waals surface area contributed by atoms with Gasteiger partial charge < -0.3 is 9.47 Å². The molecule has 0 saturated heterocycles. The van der Waals surface area contributed by atoms with Crippen molar-refractivity contribution in [1.82, 2.24) is 29.4 Å². The summed E-state index contributed by atoms with van der Waals surface area (Å²) < 4.78 is 3.99. The van der Waals surface area contributed by atoms with E-state index in [0.29, 0.717) is 19.0 Å². The van der Waals surface area contributed by atoms with Gasteiger partial charge in [-0.25, -0.2) is 0 Å². The first-order valence-electron chi connectivity index (χ1n) is 8.10. The largest absolute Gasteiger partial charge is 0.329 e. The van der Waals surface area contributed by atoms with Crippen molar-refractivity contribution in [3.8, 4) is 0 Å². The van der Waals surface area contributed by atoms with E-state index in [9.17, 15) is 4.79 Å². The van der Waals surface area contributed by atoms with Crippen molar-refractivity contribution in [1.29, 1.82) is 0 Å². The molecule has 0 aromatic carbocycles. The number of amides is 1. The highest BCUT2D eigenvalue weighted by Crippen LogP contribution is 2.29. The van der Waals surface area contributed by atoms with Gasteiger partial charge in [-0.2, -0.15) is 5.10 Å². The van der Waals surface area contributed by atoms with E-state index in [2.05, 4.69) is 33.7 Å². The van der Waals surface area contributed by atoms with E-state index in [-0.39, 0.29) is 5.91 Å². The van der Waals surface area contributed by atoms with Gasteiger partial charge in [-0.1, -0.05) is 13.8 Å². The minimum Gasteiger partial charge on any atom is -0.329 e. The van der Waals surface area contributed by atoms with Gasteiger partial charge in [-0.15, -0.1) is 21.5 Å². The number of aryl methyl sites for hydroxylation is 2. The molecular formula is C16H20N6OS. The number of hydrogen-bond acceptors (Lipinski definition) is 5. The standard InChI is InChI=1S/C16H20N6OS/c1-9(2)14-18-17-13-8-21(5-6-22(13)14)15(23)12-7-11-10(3)19-20(4)16(11)24-12/h7,9H,5-6,8H2,1-4H3. The summed E-state index contributed by atoms with van der Waals surface area (Å²) in [6.45, 7) is 8.16. The summed E-state index contributed by atoms with van der Waals surface area (Å²) in [5.74, 6) is 2.28. The van der Waals surface area contributed by atoms with E-state index in [1.54, 1.807) is 0 Å². The summed E-state index contributed by atoms with van der Waals surface area (Å²) in [5.41, 5.74) is 0.961. The molecule has 4 rings (SSSR count). The Morgan fingerprint density at radius 1 is 1.29 bits per heavy atom. The lowest BCUT2D eigenvalue weighted by molar-refractivity contribution is 0.0711. The van der Waals surface area contributed by atoms with Crippen LogP contribution in [0.3, 0.4) is 0 Å². The van der Waals surface area contributed by atoms with Crippen LogP contribution in [-0.4, -0.2) is 41.9 Å². The second-order valence-electron chi connectivity index (χ2n) is 6.55. The molecule has 0 radical (unpaired) electrons. The van der Waals surface area contributed by atoms with Crippen LogP contribution in [0.4, 0.5) is 0 Å². The zero-order chi connectivity index (χ0) is 17.0. The molecule has 8 heteroatoms. The van der Waals surface area contributed by atoms with Crippen molar-refractivity contribution in [3.63, 3.8) is 0 Å². The number of rotatable bonds is 2. The highest BCUT2D eigenvalue weighted by molar-refractivity contribution is 7.20. The number of hydrogen-bond donors (Lipinski definition) is 0. The number of carbonyl (C=O) groups excluding carboxylic acids is 1. The maximum absolute atomic E-state index is 12.9. The molecule has 0 bridgehead atoms. The molecule has 0 atom stereocenters. The van der Waals surface area contributed by atoms with Crippen LogP contribution in [-0.2, 0) is 20.1 Å². The van der Waals surface area contributed by atoms with Gasteiger partial charge in [-0.05, 0) is 13.0 Å². The molecular weight excluding hydrogens is 324 g/mol. The molecule has 0 aliphatic carbocycles. The van der Waals surface area contributed by atoms with E-state index in [0.717, 1.165) is 39.0 Å². The molecule has 3 aromatic heterocycles. The van der Waals surface area contributed by atoms with Gasteiger partial charge in [-0.3, -0.25) is 9.48 Å². The molecule has 1 aliphatic heterocycles. The predicted octanol–water partition coefficient (Wildman–Crippen LogP) is 2.31. The van der Waals surface area contributed by atoms with Crippen molar-refractivity contribution < 1.29 is 4.79 Å². The van der Waals surface area contributed by atoms with Crippen LogP contribution in [0.5, 0.6) is 0 Å². The van der Waals surface area contributed by atoms with Crippen LogP contribution in [0.2, 0.25) is 0 Å². The van der Waals surface area contributed by atoms with Crippen LogP contribution in [0.1, 0.15) is 46.8 Å². The quantitative estimate of drug-likeness (QED) is 0.715. The van der Waals surface area contributed by atoms with E-state index >= 15 is 0 Å². The first-order chi connectivity index (χ1) is 11.5. The molecule has 0 fully saturated rings. The Balaban J connectivity index is 1.61. The van der Waals surface area contributed by atoms with Crippen LogP contribution in [0, 0.1) is 6.92 Å². The van der Waals surface area contributed by atoms with Gasteiger partial charge in [0.2, 0.25) is 0 Å². The Morgan fingerprint density at radius 2 is 2.08 bits per heavy atom. The number of thiophene rings is 1. The smallest absolute Gasteiger partial charge is 0.264 e. The summed E-state index contributed by atoms with van der Waals surface area (Å²) >= 11 is 1.50. The van der Waals surface area contributed by atoms with Crippen molar-refractivity contribution in [2.75, 3.05) is 6.54 Å². The Hall–Kier alpha value is -2.22. The van der Waals surface area contributed by atoms with E-state index in [1.807, 2.05) is 29.6 Å². The van der Waals surface area contributed by atoms with Crippen LogP contribution in [0.15, 0.2) is 6.07 Å². The molecule has 1 aliphatic rings. The molecule has 3 aromatic rings. The fraction of sp³-hybridized carbons (Fsp3) is 0.500. The second kappa shape index (κ2) is 5.41. The van der Waals surface area contributed by atoms with E-state index in [1.165, 1.54) is 11.3 Å². The lowest BCUT2D eigenvalue weighted by atomic mass is 10.2. The van der Waals surface area contributed by atoms with E-state index < -0.39 is 0 Å².